The molecule has 1 heterocycles. The minimum absolute atomic E-state index is 0.0344. The van der Waals surface area contributed by atoms with Gasteiger partial charge in [-0.2, -0.15) is 0 Å². The number of ketones is 2. The van der Waals surface area contributed by atoms with Crippen LogP contribution in [0, 0.1) is 12.3 Å². The third-order valence-corrected chi connectivity index (χ3v) is 6.07. The number of rotatable bonds is 3. The van der Waals surface area contributed by atoms with Crippen molar-refractivity contribution in [1.29, 1.82) is 0 Å². The lowest BCUT2D eigenvalue weighted by molar-refractivity contribution is -0.119. The van der Waals surface area contributed by atoms with Crippen molar-refractivity contribution in [2.45, 2.75) is 39.5 Å². The summed E-state index contributed by atoms with van der Waals surface area (Å²) in [6, 6.07) is 14.5. The van der Waals surface area contributed by atoms with Gasteiger partial charge in [0.25, 0.3) is 0 Å². The first-order valence-electron chi connectivity index (χ1n) is 9.97. The molecule has 1 aliphatic heterocycles. The number of halogens is 1. The van der Waals surface area contributed by atoms with Crippen LogP contribution in [-0.2, 0) is 9.53 Å². The molecule has 154 valence electrons. The van der Waals surface area contributed by atoms with Crippen LogP contribution in [0.2, 0.25) is 5.02 Å². The van der Waals surface area contributed by atoms with Crippen LogP contribution in [0.25, 0.3) is 0 Å². The average Bonchev–Trinajstić information content (AvgIpc) is 2.66. The lowest BCUT2D eigenvalue weighted by Gasteiger charge is -2.38. The second-order valence-corrected chi connectivity index (χ2v) is 9.21. The van der Waals surface area contributed by atoms with Gasteiger partial charge in [-0.1, -0.05) is 73.5 Å². The van der Waals surface area contributed by atoms with Crippen molar-refractivity contribution in [2.75, 3.05) is 0 Å². The van der Waals surface area contributed by atoms with Crippen LogP contribution in [0.15, 0.2) is 71.3 Å². The van der Waals surface area contributed by atoms with E-state index in [1.807, 2.05) is 51.1 Å². The number of nitrogens with two attached hydrogens (primary N) is 1. The SMILES string of the molecule is Cc1ccc(C(=O)C2=C(N)OC3=C(C(=O)CC(C)(C)C3)C2c2ccccc2Cl)cc1. The highest BCUT2D eigenvalue weighted by Gasteiger charge is 2.45. The van der Waals surface area contributed by atoms with E-state index in [1.54, 1.807) is 18.2 Å². The van der Waals surface area contributed by atoms with Crippen LogP contribution in [0.3, 0.4) is 0 Å². The van der Waals surface area contributed by atoms with E-state index in [0.717, 1.165) is 5.56 Å². The molecule has 5 heteroatoms. The van der Waals surface area contributed by atoms with Crippen molar-refractivity contribution in [3.63, 3.8) is 0 Å². The van der Waals surface area contributed by atoms with E-state index in [9.17, 15) is 9.59 Å². The Bertz CT molecular complexity index is 1110. The van der Waals surface area contributed by atoms with Gasteiger partial charge in [0.1, 0.15) is 5.76 Å². The summed E-state index contributed by atoms with van der Waals surface area (Å²) in [5.41, 5.74) is 9.05. The van der Waals surface area contributed by atoms with Crippen molar-refractivity contribution in [3.8, 4) is 0 Å². The van der Waals surface area contributed by atoms with Gasteiger partial charge in [0.05, 0.1) is 11.5 Å². The maximum absolute atomic E-state index is 13.5. The van der Waals surface area contributed by atoms with Crippen molar-refractivity contribution >= 4 is 23.2 Å². The van der Waals surface area contributed by atoms with Crippen LogP contribution in [0.4, 0.5) is 0 Å². The molecule has 4 nitrogen and oxygen atoms in total. The minimum atomic E-state index is -0.653. The first kappa shape index (κ1) is 20.4. The maximum Gasteiger partial charge on any atom is 0.198 e. The van der Waals surface area contributed by atoms with E-state index in [-0.39, 0.29) is 28.4 Å². The molecule has 0 aromatic heterocycles. The van der Waals surface area contributed by atoms with Gasteiger partial charge in [-0.05, 0) is 24.0 Å². The molecule has 0 saturated carbocycles. The summed E-state index contributed by atoms with van der Waals surface area (Å²) in [4.78, 5) is 26.8. The number of aryl methyl sites for hydroxylation is 1. The van der Waals surface area contributed by atoms with Crippen molar-refractivity contribution in [2.24, 2.45) is 11.1 Å². The molecule has 2 aromatic carbocycles. The van der Waals surface area contributed by atoms with Crippen LogP contribution < -0.4 is 5.73 Å². The Balaban J connectivity index is 1.91. The van der Waals surface area contributed by atoms with E-state index in [4.69, 9.17) is 22.1 Å². The normalized spacial score (nSPS) is 20.7. The zero-order valence-corrected chi connectivity index (χ0v) is 18.0. The molecule has 0 bridgehead atoms. The Labute approximate surface area is 181 Å². The van der Waals surface area contributed by atoms with E-state index < -0.39 is 5.92 Å². The maximum atomic E-state index is 13.5. The molecule has 30 heavy (non-hydrogen) atoms. The Hall–Kier alpha value is -2.85. The zero-order chi connectivity index (χ0) is 21.6. The number of carbonyl (C=O) groups excluding carboxylic acids is 2. The molecule has 0 amide bonds. The fourth-order valence-corrected chi connectivity index (χ4v) is 4.53. The van der Waals surface area contributed by atoms with Gasteiger partial charge in [-0.15, -0.1) is 0 Å². The first-order valence-corrected chi connectivity index (χ1v) is 10.4. The number of hydrogen-bond acceptors (Lipinski definition) is 4. The molecule has 2 aromatic rings. The predicted molar refractivity (Wildman–Crippen MR) is 117 cm³/mol. The summed E-state index contributed by atoms with van der Waals surface area (Å²) < 4.78 is 5.92. The van der Waals surface area contributed by atoms with E-state index in [2.05, 4.69) is 0 Å². The zero-order valence-electron chi connectivity index (χ0n) is 17.3. The summed E-state index contributed by atoms with van der Waals surface area (Å²) in [7, 11) is 0. The summed E-state index contributed by atoms with van der Waals surface area (Å²) in [5, 5.41) is 0.482. The molecule has 0 fully saturated rings. The van der Waals surface area contributed by atoms with Gasteiger partial charge in [0.2, 0.25) is 0 Å². The van der Waals surface area contributed by atoms with Crippen LogP contribution >= 0.6 is 11.6 Å². The molecule has 1 unspecified atom stereocenters. The third kappa shape index (κ3) is 3.56. The van der Waals surface area contributed by atoms with E-state index in [1.165, 1.54) is 0 Å². The van der Waals surface area contributed by atoms with Crippen molar-refractivity contribution in [3.05, 3.63) is 93.0 Å². The molecule has 0 saturated heterocycles. The quantitative estimate of drug-likeness (QED) is 0.668. The smallest absolute Gasteiger partial charge is 0.198 e. The van der Waals surface area contributed by atoms with Gasteiger partial charge in [0, 0.05) is 29.0 Å². The lowest BCUT2D eigenvalue weighted by atomic mass is 9.69. The van der Waals surface area contributed by atoms with Gasteiger partial charge < -0.3 is 10.5 Å². The van der Waals surface area contributed by atoms with Crippen LogP contribution in [-0.4, -0.2) is 11.6 Å². The summed E-state index contributed by atoms with van der Waals surface area (Å²) >= 11 is 6.53. The minimum Gasteiger partial charge on any atom is -0.445 e. The average molecular weight is 422 g/mol. The van der Waals surface area contributed by atoms with Crippen molar-refractivity contribution < 1.29 is 14.3 Å². The second-order valence-electron chi connectivity index (χ2n) is 8.81. The fourth-order valence-electron chi connectivity index (χ4n) is 4.29. The molecule has 0 radical (unpaired) electrons. The monoisotopic (exact) mass is 421 g/mol. The number of hydrogen-bond donors (Lipinski definition) is 1. The molecular weight excluding hydrogens is 398 g/mol. The Morgan fingerprint density at radius 3 is 2.43 bits per heavy atom. The van der Waals surface area contributed by atoms with Crippen LogP contribution in [0.1, 0.15) is 54.1 Å². The third-order valence-electron chi connectivity index (χ3n) is 5.73. The van der Waals surface area contributed by atoms with Gasteiger partial charge in [-0.25, -0.2) is 0 Å². The Morgan fingerprint density at radius 1 is 1.10 bits per heavy atom. The number of ether oxygens (including phenoxy) is 1. The topological polar surface area (TPSA) is 69.4 Å². The Kier molecular flexibility index (Phi) is 5.07. The number of allylic oxidation sites excluding steroid dienone is 3. The Morgan fingerprint density at radius 2 is 1.77 bits per heavy atom. The highest BCUT2D eigenvalue weighted by molar-refractivity contribution is 6.31. The van der Waals surface area contributed by atoms with Crippen LogP contribution in [0.5, 0.6) is 0 Å². The van der Waals surface area contributed by atoms with Gasteiger partial charge >= 0.3 is 0 Å². The molecule has 1 aliphatic carbocycles. The summed E-state index contributed by atoms with van der Waals surface area (Å²) in [6.45, 7) is 6.00. The molecule has 2 aliphatic rings. The standard InChI is InChI=1S/C25H24ClNO3/c1-14-8-10-15(11-9-14)23(29)22-20(16-6-4-5-7-17(16)26)21-18(28)12-25(2,3)13-19(21)30-24(22)27/h4-11,20H,12-13,27H2,1-3H3. The lowest BCUT2D eigenvalue weighted by Crippen LogP contribution is -2.35. The van der Waals surface area contributed by atoms with Gasteiger partial charge in [-0.3, -0.25) is 9.59 Å². The molecular formula is C25H24ClNO3. The summed E-state index contributed by atoms with van der Waals surface area (Å²) in [5.74, 6) is -0.372. The highest BCUT2D eigenvalue weighted by atomic mass is 35.5. The predicted octanol–water partition coefficient (Wildman–Crippen LogP) is 5.46. The largest absolute Gasteiger partial charge is 0.445 e. The number of benzene rings is 2. The highest BCUT2D eigenvalue weighted by Crippen LogP contribution is 2.49. The van der Waals surface area contributed by atoms with Crippen molar-refractivity contribution in [1.82, 2.24) is 0 Å². The number of carbonyl (C=O) groups is 2. The fraction of sp³-hybridized carbons (Fsp3) is 0.280. The van der Waals surface area contributed by atoms with E-state index in [0.29, 0.717) is 40.3 Å². The van der Waals surface area contributed by atoms with E-state index >= 15 is 0 Å². The molecule has 1 atom stereocenters. The van der Waals surface area contributed by atoms with Gasteiger partial charge in [0.15, 0.2) is 17.4 Å². The summed E-state index contributed by atoms with van der Waals surface area (Å²) in [6.07, 6.45) is 0.948. The number of Topliss-reactive ketones (excluding diaryl/α,β-unsaturated/α-hetero) is 2. The molecule has 2 N–H and O–H groups in total. The molecule has 0 spiro atoms. The second kappa shape index (κ2) is 7.44. The first-order chi connectivity index (χ1) is 14.2. The molecule has 4 rings (SSSR count).